The summed E-state index contributed by atoms with van der Waals surface area (Å²) >= 11 is 0. The molecular weight excluding hydrogens is 458 g/mol. The summed E-state index contributed by atoms with van der Waals surface area (Å²) < 4.78 is 16.4. The number of nitrogens with zero attached hydrogens (tertiary/aromatic N) is 3. The largest absolute Gasteiger partial charge is 0.497 e. The molecule has 0 saturated carbocycles. The highest BCUT2D eigenvalue weighted by Crippen LogP contribution is 2.34. The minimum absolute atomic E-state index is 0.234. The maximum atomic E-state index is 13.3. The van der Waals surface area contributed by atoms with Crippen molar-refractivity contribution >= 4 is 23.6 Å². The third-order valence-corrected chi connectivity index (χ3v) is 6.06. The number of rotatable bonds is 9. The topological polar surface area (TPSA) is 80.7 Å². The third kappa shape index (κ3) is 5.33. The quantitative estimate of drug-likeness (QED) is 0.418. The first-order chi connectivity index (χ1) is 17.4. The first kappa shape index (κ1) is 24.8. The Labute approximate surface area is 210 Å². The maximum Gasteiger partial charge on any atom is 0.281 e. The SMILES string of the molecule is COc1ccc(C2=NN(C(=O)COc3ccc(C=O)cc3OC)C(c3ccc(N(C)C)cc3)C2)cc1. The van der Waals surface area contributed by atoms with Crippen LogP contribution in [0.25, 0.3) is 0 Å². The molecule has 8 heteroatoms. The van der Waals surface area contributed by atoms with Crippen molar-refractivity contribution in [2.45, 2.75) is 12.5 Å². The van der Waals surface area contributed by atoms with Crippen LogP contribution in [0.15, 0.2) is 71.8 Å². The van der Waals surface area contributed by atoms with Crippen LogP contribution in [-0.2, 0) is 4.79 Å². The van der Waals surface area contributed by atoms with Crippen LogP contribution in [0.1, 0.15) is 33.9 Å². The Kier molecular flexibility index (Phi) is 7.53. The van der Waals surface area contributed by atoms with Gasteiger partial charge < -0.3 is 19.1 Å². The lowest BCUT2D eigenvalue weighted by molar-refractivity contribution is -0.135. The van der Waals surface area contributed by atoms with E-state index in [2.05, 4.69) is 0 Å². The molecule has 1 atom stereocenters. The number of ether oxygens (including phenoxy) is 3. The summed E-state index contributed by atoms with van der Waals surface area (Å²) in [5, 5.41) is 6.20. The van der Waals surface area contributed by atoms with Gasteiger partial charge in [0.2, 0.25) is 0 Å². The standard InChI is InChI=1S/C28H29N3O5/c1-30(2)22-10-6-21(7-11-22)25-16-24(20-8-12-23(34-3)13-9-20)29-31(25)28(33)18-36-26-14-5-19(17-32)15-27(26)35-4/h5-15,17,25H,16,18H2,1-4H3. The molecule has 186 valence electrons. The number of hydrogen-bond donors (Lipinski definition) is 0. The van der Waals surface area contributed by atoms with Crippen LogP contribution < -0.4 is 19.1 Å². The molecule has 0 N–H and O–H groups in total. The van der Waals surface area contributed by atoms with Crippen molar-refractivity contribution in [3.8, 4) is 17.2 Å². The molecule has 1 aliphatic rings. The second kappa shape index (κ2) is 10.9. The lowest BCUT2D eigenvalue weighted by Gasteiger charge is -2.23. The number of aldehydes is 1. The molecule has 1 amide bonds. The van der Waals surface area contributed by atoms with Crippen molar-refractivity contribution in [3.63, 3.8) is 0 Å². The van der Waals surface area contributed by atoms with Crippen LogP contribution in [0.3, 0.4) is 0 Å². The Morgan fingerprint density at radius 1 is 1.00 bits per heavy atom. The van der Waals surface area contributed by atoms with Crippen LogP contribution in [0.5, 0.6) is 17.2 Å². The van der Waals surface area contributed by atoms with Crippen LogP contribution in [-0.4, -0.2) is 57.8 Å². The van der Waals surface area contributed by atoms with E-state index in [1.807, 2.05) is 67.5 Å². The summed E-state index contributed by atoms with van der Waals surface area (Å²) in [5.41, 5.74) is 4.24. The fourth-order valence-electron chi connectivity index (χ4n) is 4.03. The Balaban J connectivity index is 1.59. The van der Waals surface area contributed by atoms with Gasteiger partial charge in [0.15, 0.2) is 18.1 Å². The van der Waals surface area contributed by atoms with Gasteiger partial charge in [-0.1, -0.05) is 12.1 Å². The second-order valence-corrected chi connectivity index (χ2v) is 8.54. The number of benzene rings is 3. The molecule has 3 aromatic rings. The molecule has 1 unspecified atom stereocenters. The monoisotopic (exact) mass is 487 g/mol. The average molecular weight is 488 g/mol. The van der Waals surface area contributed by atoms with E-state index in [-0.39, 0.29) is 18.6 Å². The molecular formula is C28H29N3O5. The van der Waals surface area contributed by atoms with Crippen molar-refractivity contribution in [1.82, 2.24) is 5.01 Å². The van der Waals surface area contributed by atoms with E-state index in [0.29, 0.717) is 23.5 Å². The first-order valence-electron chi connectivity index (χ1n) is 11.5. The minimum atomic E-state index is -0.290. The Bertz CT molecular complexity index is 1250. The van der Waals surface area contributed by atoms with Gasteiger partial charge in [-0.25, -0.2) is 5.01 Å². The van der Waals surface area contributed by atoms with E-state index in [1.165, 1.54) is 12.1 Å². The number of methoxy groups -OCH3 is 2. The molecule has 0 bridgehead atoms. The molecule has 0 saturated heterocycles. The summed E-state index contributed by atoms with van der Waals surface area (Å²) in [6.45, 7) is -0.234. The summed E-state index contributed by atoms with van der Waals surface area (Å²) in [4.78, 5) is 26.4. The average Bonchev–Trinajstić information content (AvgIpc) is 3.37. The van der Waals surface area contributed by atoms with Crippen molar-refractivity contribution in [2.75, 3.05) is 39.8 Å². The molecule has 36 heavy (non-hydrogen) atoms. The molecule has 0 aliphatic carbocycles. The van der Waals surface area contributed by atoms with Crippen molar-refractivity contribution in [2.24, 2.45) is 5.10 Å². The van der Waals surface area contributed by atoms with Crippen molar-refractivity contribution in [1.29, 1.82) is 0 Å². The highest BCUT2D eigenvalue weighted by Gasteiger charge is 2.33. The summed E-state index contributed by atoms with van der Waals surface area (Å²) in [6.07, 6.45) is 1.29. The predicted molar refractivity (Wildman–Crippen MR) is 138 cm³/mol. The number of amides is 1. The second-order valence-electron chi connectivity index (χ2n) is 8.54. The normalized spacial score (nSPS) is 14.7. The molecule has 1 heterocycles. The maximum absolute atomic E-state index is 13.3. The van der Waals surface area contributed by atoms with E-state index in [1.54, 1.807) is 25.3 Å². The van der Waals surface area contributed by atoms with Gasteiger partial charge in [0.25, 0.3) is 5.91 Å². The van der Waals surface area contributed by atoms with Crippen molar-refractivity contribution in [3.05, 3.63) is 83.4 Å². The molecule has 0 aromatic heterocycles. The van der Waals surface area contributed by atoms with Crippen LogP contribution in [0.4, 0.5) is 5.69 Å². The third-order valence-electron chi connectivity index (χ3n) is 6.06. The van der Waals surface area contributed by atoms with Crippen LogP contribution >= 0.6 is 0 Å². The van der Waals surface area contributed by atoms with Gasteiger partial charge >= 0.3 is 0 Å². The molecule has 1 aliphatic heterocycles. The molecule has 4 rings (SSSR count). The Morgan fingerprint density at radius 3 is 2.33 bits per heavy atom. The van der Waals surface area contributed by atoms with Gasteiger partial charge in [-0.2, -0.15) is 5.10 Å². The number of anilines is 1. The Morgan fingerprint density at radius 2 is 1.72 bits per heavy atom. The fraction of sp³-hybridized carbons (Fsp3) is 0.250. The molecule has 3 aromatic carbocycles. The smallest absolute Gasteiger partial charge is 0.281 e. The molecule has 0 radical (unpaired) electrons. The van der Waals surface area contributed by atoms with Gasteiger partial charge in [-0.15, -0.1) is 0 Å². The van der Waals surface area contributed by atoms with Gasteiger partial charge in [-0.05, 0) is 65.7 Å². The predicted octanol–water partition coefficient (Wildman–Crippen LogP) is 4.34. The lowest BCUT2D eigenvalue weighted by Crippen LogP contribution is -2.31. The zero-order chi connectivity index (χ0) is 25.7. The molecule has 8 nitrogen and oxygen atoms in total. The molecule has 0 spiro atoms. The number of hydrazone groups is 1. The van der Waals surface area contributed by atoms with E-state index in [4.69, 9.17) is 19.3 Å². The van der Waals surface area contributed by atoms with Gasteiger partial charge in [-0.3, -0.25) is 9.59 Å². The van der Waals surface area contributed by atoms with E-state index in [0.717, 1.165) is 34.6 Å². The number of carbonyl (C=O) groups is 2. The highest BCUT2D eigenvalue weighted by molar-refractivity contribution is 6.03. The minimum Gasteiger partial charge on any atom is -0.497 e. The fourth-order valence-corrected chi connectivity index (χ4v) is 4.03. The summed E-state index contributed by atoms with van der Waals surface area (Å²) in [7, 11) is 7.08. The zero-order valence-corrected chi connectivity index (χ0v) is 20.8. The van der Waals surface area contributed by atoms with E-state index < -0.39 is 0 Å². The highest BCUT2D eigenvalue weighted by atomic mass is 16.5. The van der Waals surface area contributed by atoms with E-state index >= 15 is 0 Å². The van der Waals surface area contributed by atoms with Crippen molar-refractivity contribution < 1.29 is 23.8 Å². The van der Waals surface area contributed by atoms with Gasteiger partial charge in [0.05, 0.1) is 26.0 Å². The number of carbonyl (C=O) groups excluding carboxylic acids is 2. The van der Waals surface area contributed by atoms with Gasteiger partial charge in [0.1, 0.15) is 12.0 Å². The van der Waals surface area contributed by atoms with E-state index in [9.17, 15) is 9.59 Å². The summed E-state index contributed by atoms with van der Waals surface area (Å²) in [5.74, 6) is 1.22. The first-order valence-corrected chi connectivity index (χ1v) is 11.5. The molecule has 0 fully saturated rings. The van der Waals surface area contributed by atoms with Crippen LogP contribution in [0, 0.1) is 0 Å². The lowest BCUT2D eigenvalue weighted by atomic mass is 9.98. The zero-order valence-electron chi connectivity index (χ0n) is 20.8. The van der Waals surface area contributed by atoms with Crippen LogP contribution in [0.2, 0.25) is 0 Å². The Hall–Kier alpha value is -4.33. The number of hydrogen-bond acceptors (Lipinski definition) is 7. The van der Waals surface area contributed by atoms with Gasteiger partial charge in [0, 0.05) is 31.8 Å². The summed E-state index contributed by atoms with van der Waals surface area (Å²) in [6, 6.07) is 20.3.